The van der Waals surface area contributed by atoms with Crippen LogP contribution in [0.25, 0.3) is 10.2 Å². The van der Waals surface area contributed by atoms with Gasteiger partial charge in [0.15, 0.2) is 0 Å². The lowest BCUT2D eigenvalue weighted by Crippen LogP contribution is -2.17. The van der Waals surface area contributed by atoms with E-state index in [0.29, 0.717) is 32.0 Å². The SMILES string of the molecule is CC(=O)Nc1cccc(NC(=O)c2sc3ncn(C)c(=O)c3c2C)c1. The molecular weight excluding hydrogens is 340 g/mol. The molecule has 0 unspecified atom stereocenters. The molecule has 2 amide bonds. The second-order valence-electron chi connectivity index (χ2n) is 5.61. The topological polar surface area (TPSA) is 93.1 Å². The van der Waals surface area contributed by atoms with E-state index < -0.39 is 0 Å². The lowest BCUT2D eigenvalue weighted by Gasteiger charge is -2.07. The molecule has 128 valence electrons. The maximum absolute atomic E-state index is 12.6. The number of carbonyl (C=O) groups is 2. The maximum Gasteiger partial charge on any atom is 0.266 e. The molecule has 0 aliphatic heterocycles. The lowest BCUT2D eigenvalue weighted by atomic mass is 10.2. The predicted molar refractivity (Wildman–Crippen MR) is 98.3 cm³/mol. The average molecular weight is 356 g/mol. The predicted octanol–water partition coefficient (Wildman–Crippen LogP) is 2.51. The van der Waals surface area contributed by atoms with Crippen molar-refractivity contribution in [1.29, 1.82) is 0 Å². The van der Waals surface area contributed by atoms with Gasteiger partial charge in [0.2, 0.25) is 5.91 Å². The third-order valence-electron chi connectivity index (χ3n) is 3.66. The van der Waals surface area contributed by atoms with Crippen molar-refractivity contribution in [3.05, 3.63) is 51.4 Å². The number of benzene rings is 1. The van der Waals surface area contributed by atoms with Crippen LogP contribution in [-0.4, -0.2) is 21.4 Å². The second kappa shape index (κ2) is 6.48. The fourth-order valence-electron chi connectivity index (χ4n) is 2.49. The van der Waals surface area contributed by atoms with Crippen LogP contribution in [0.15, 0.2) is 35.4 Å². The average Bonchev–Trinajstić information content (AvgIpc) is 2.88. The second-order valence-corrected chi connectivity index (χ2v) is 6.61. The van der Waals surface area contributed by atoms with E-state index in [1.54, 1.807) is 38.2 Å². The van der Waals surface area contributed by atoms with Gasteiger partial charge in [0.25, 0.3) is 11.5 Å². The third-order valence-corrected chi connectivity index (χ3v) is 4.86. The molecule has 25 heavy (non-hydrogen) atoms. The van der Waals surface area contributed by atoms with E-state index in [2.05, 4.69) is 15.6 Å². The first-order valence-corrected chi connectivity index (χ1v) is 8.32. The minimum absolute atomic E-state index is 0.176. The molecule has 0 spiro atoms. The Hall–Kier alpha value is -3.00. The van der Waals surface area contributed by atoms with Gasteiger partial charge in [-0.05, 0) is 30.7 Å². The number of thiophene rings is 1. The molecule has 0 saturated carbocycles. The fourth-order valence-corrected chi connectivity index (χ4v) is 3.53. The van der Waals surface area contributed by atoms with Gasteiger partial charge in [0, 0.05) is 25.3 Å². The molecule has 0 aliphatic carbocycles. The number of carbonyl (C=O) groups excluding carboxylic acids is 2. The van der Waals surface area contributed by atoms with Crippen LogP contribution in [0.2, 0.25) is 0 Å². The molecule has 2 N–H and O–H groups in total. The minimum atomic E-state index is -0.317. The van der Waals surface area contributed by atoms with Crippen LogP contribution < -0.4 is 16.2 Å². The van der Waals surface area contributed by atoms with Gasteiger partial charge >= 0.3 is 0 Å². The van der Waals surface area contributed by atoms with E-state index in [9.17, 15) is 14.4 Å². The van der Waals surface area contributed by atoms with Gasteiger partial charge in [-0.3, -0.25) is 14.4 Å². The van der Waals surface area contributed by atoms with Crippen LogP contribution in [0.4, 0.5) is 11.4 Å². The largest absolute Gasteiger partial charge is 0.326 e. The lowest BCUT2D eigenvalue weighted by molar-refractivity contribution is -0.114. The number of nitrogens with zero attached hydrogens (tertiary/aromatic N) is 2. The Kier molecular flexibility index (Phi) is 4.37. The van der Waals surface area contributed by atoms with Crippen LogP contribution in [0, 0.1) is 6.92 Å². The van der Waals surface area contributed by atoms with E-state index in [0.717, 1.165) is 0 Å². The van der Waals surface area contributed by atoms with Crippen LogP contribution >= 0.6 is 11.3 Å². The number of amides is 2. The molecular formula is C17H16N4O3S. The van der Waals surface area contributed by atoms with Crippen molar-refractivity contribution in [1.82, 2.24) is 9.55 Å². The van der Waals surface area contributed by atoms with Crippen LogP contribution in [0.1, 0.15) is 22.2 Å². The normalized spacial score (nSPS) is 10.7. The molecule has 0 atom stereocenters. The van der Waals surface area contributed by atoms with E-state index in [-0.39, 0.29) is 17.4 Å². The zero-order valence-electron chi connectivity index (χ0n) is 13.9. The molecule has 8 heteroatoms. The summed E-state index contributed by atoms with van der Waals surface area (Å²) in [5, 5.41) is 5.92. The van der Waals surface area contributed by atoms with Crippen molar-refractivity contribution in [2.75, 3.05) is 10.6 Å². The first-order valence-electron chi connectivity index (χ1n) is 7.50. The highest BCUT2D eigenvalue weighted by Crippen LogP contribution is 2.27. The molecule has 0 fully saturated rings. The van der Waals surface area contributed by atoms with Crippen molar-refractivity contribution < 1.29 is 9.59 Å². The molecule has 2 heterocycles. The fraction of sp³-hybridized carbons (Fsp3) is 0.176. The maximum atomic E-state index is 12.6. The first-order chi connectivity index (χ1) is 11.9. The van der Waals surface area contributed by atoms with Gasteiger partial charge in [-0.2, -0.15) is 0 Å². The van der Waals surface area contributed by atoms with Crippen LogP contribution in [0.3, 0.4) is 0 Å². The first kappa shape index (κ1) is 16.8. The van der Waals surface area contributed by atoms with Gasteiger partial charge in [-0.25, -0.2) is 4.98 Å². The number of aromatic nitrogens is 2. The summed E-state index contributed by atoms with van der Waals surface area (Å²) in [6, 6.07) is 6.85. The molecule has 0 saturated heterocycles. The number of hydrogen-bond donors (Lipinski definition) is 2. The van der Waals surface area contributed by atoms with Gasteiger partial charge in [0.1, 0.15) is 4.83 Å². The Balaban J connectivity index is 1.93. The summed E-state index contributed by atoms with van der Waals surface area (Å²) in [5.41, 5.74) is 1.58. The molecule has 7 nitrogen and oxygen atoms in total. The van der Waals surface area contributed by atoms with Crippen molar-refractivity contribution in [3.63, 3.8) is 0 Å². The highest BCUT2D eigenvalue weighted by atomic mass is 32.1. The Bertz CT molecular complexity index is 1050. The zero-order chi connectivity index (χ0) is 18.1. The summed E-state index contributed by atoms with van der Waals surface area (Å²) in [5.74, 6) is -0.506. The highest BCUT2D eigenvalue weighted by Gasteiger charge is 2.19. The summed E-state index contributed by atoms with van der Waals surface area (Å²) in [7, 11) is 1.62. The van der Waals surface area contributed by atoms with E-state index in [4.69, 9.17) is 0 Å². The number of nitrogens with one attached hydrogen (secondary N) is 2. The molecule has 0 aliphatic rings. The number of aryl methyl sites for hydroxylation is 2. The quantitative estimate of drug-likeness (QED) is 0.754. The summed E-state index contributed by atoms with van der Waals surface area (Å²) in [6.45, 7) is 3.16. The highest BCUT2D eigenvalue weighted by molar-refractivity contribution is 7.20. The number of fused-ring (bicyclic) bond motifs is 1. The van der Waals surface area contributed by atoms with E-state index in [1.807, 2.05) is 0 Å². The number of hydrogen-bond acceptors (Lipinski definition) is 5. The monoisotopic (exact) mass is 356 g/mol. The molecule has 3 aromatic rings. The Morgan fingerprint density at radius 1 is 1.20 bits per heavy atom. The van der Waals surface area contributed by atoms with Crippen LogP contribution in [0.5, 0.6) is 0 Å². The van der Waals surface area contributed by atoms with Gasteiger partial charge < -0.3 is 15.2 Å². The van der Waals surface area contributed by atoms with E-state index >= 15 is 0 Å². The van der Waals surface area contributed by atoms with Gasteiger partial charge in [-0.1, -0.05) is 6.07 Å². The molecule has 3 rings (SSSR count). The van der Waals surface area contributed by atoms with Gasteiger partial charge in [-0.15, -0.1) is 11.3 Å². The Morgan fingerprint density at radius 3 is 2.56 bits per heavy atom. The minimum Gasteiger partial charge on any atom is -0.326 e. The summed E-state index contributed by atoms with van der Waals surface area (Å²) < 4.78 is 1.39. The van der Waals surface area contributed by atoms with E-state index in [1.165, 1.54) is 29.2 Å². The van der Waals surface area contributed by atoms with Crippen molar-refractivity contribution in [2.24, 2.45) is 7.05 Å². The van der Waals surface area contributed by atoms with Crippen molar-refractivity contribution in [3.8, 4) is 0 Å². The van der Waals surface area contributed by atoms with Crippen molar-refractivity contribution >= 4 is 44.7 Å². The Labute approximate surface area is 147 Å². The summed E-state index contributed by atoms with van der Waals surface area (Å²) >= 11 is 1.18. The zero-order valence-corrected chi connectivity index (χ0v) is 14.7. The Morgan fingerprint density at radius 2 is 1.88 bits per heavy atom. The van der Waals surface area contributed by atoms with Crippen molar-refractivity contribution in [2.45, 2.75) is 13.8 Å². The van der Waals surface area contributed by atoms with Gasteiger partial charge in [0.05, 0.1) is 16.6 Å². The summed E-state index contributed by atoms with van der Waals surface area (Å²) in [6.07, 6.45) is 1.44. The summed E-state index contributed by atoms with van der Waals surface area (Å²) in [4.78, 5) is 41.2. The number of rotatable bonds is 3. The molecule has 0 bridgehead atoms. The molecule has 1 aromatic carbocycles. The third kappa shape index (κ3) is 3.29. The standard InChI is InChI=1S/C17H16N4O3S/c1-9-13-16(18-8-21(3)17(13)24)25-14(9)15(23)20-12-6-4-5-11(7-12)19-10(2)22/h4-8H,1-3H3,(H,19,22)(H,20,23). The smallest absolute Gasteiger partial charge is 0.266 e. The molecule has 2 aromatic heterocycles. The molecule has 0 radical (unpaired) electrons. The number of anilines is 2. The van der Waals surface area contributed by atoms with Crippen LogP contribution in [-0.2, 0) is 11.8 Å².